The first-order valence-electron chi connectivity index (χ1n) is 10.0. The molecule has 1 aliphatic rings. The Kier molecular flexibility index (Phi) is 6.05. The van der Waals surface area contributed by atoms with E-state index in [0.29, 0.717) is 28.7 Å². The number of nitrogens with two attached hydrogens (primary N) is 1. The molecule has 0 radical (unpaired) electrons. The van der Waals surface area contributed by atoms with Gasteiger partial charge in [-0.2, -0.15) is 0 Å². The lowest BCUT2D eigenvalue weighted by Crippen LogP contribution is -2.35. The zero-order valence-electron chi connectivity index (χ0n) is 17.2. The lowest BCUT2D eigenvalue weighted by molar-refractivity contribution is -0.118. The average Bonchev–Trinajstić information content (AvgIpc) is 3.27. The molecule has 0 aliphatic carbocycles. The van der Waals surface area contributed by atoms with Crippen molar-refractivity contribution >= 4 is 29.1 Å². The van der Waals surface area contributed by atoms with E-state index in [1.165, 1.54) is 24.3 Å². The van der Waals surface area contributed by atoms with Crippen molar-refractivity contribution in [3.05, 3.63) is 65.1 Å². The number of hydrogen-bond donors (Lipinski definition) is 1. The minimum absolute atomic E-state index is 0.00354. The number of carbonyl (C=O) groups excluding carboxylic acids is 2. The summed E-state index contributed by atoms with van der Waals surface area (Å²) in [6, 6.07) is 11.9. The van der Waals surface area contributed by atoms with Gasteiger partial charge in [0.2, 0.25) is 0 Å². The van der Waals surface area contributed by atoms with Crippen LogP contribution in [0.2, 0.25) is 5.02 Å². The molecule has 1 atom stereocenters. The van der Waals surface area contributed by atoms with Crippen molar-refractivity contribution in [1.82, 2.24) is 9.97 Å². The number of anilines is 1. The second-order valence-corrected chi connectivity index (χ2v) is 7.90. The maximum absolute atomic E-state index is 13.9. The van der Waals surface area contributed by atoms with Crippen molar-refractivity contribution in [3.8, 4) is 22.9 Å². The molecule has 0 bridgehead atoms. The van der Waals surface area contributed by atoms with E-state index in [1.807, 2.05) is 4.90 Å². The van der Waals surface area contributed by atoms with E-state index < -0.39 is 11.7 Å². The lowest BCUT2D eigenvalue weighted by atomic mass is 10.1. The number of rotatable bonds is 6. The highest BCUT2D eigenvalue weighted by Crippen LogP contribution is 2.30. The van der Waals surface area contributed by atoms with Gasteiger partial charge in [0.05, 0.1) is 6.04 Å². The van der Waals surface area contributed by atoms with Gasteiger partial charge in [-0.05, 0) is 56.2 Å². The largest absolute Gasteiger partial charge is 0.454 e. The van der Waals surface area contributed by atoms with Crippen LogP contribution in [0.15, 0.2) is 48.5 Å². The standard InChI is InChI=1S/C23H20ClFN4O3/c1-13(30)19-3-2-10-29(19)21-12-18(22(26)31)27-23(28-21)14-4-7-16(8-5-14)32-20-11-15(24)6-9-17(20)25/h4-9,11-12,19H,2-3,10H2,1H3,(H2,26,31)/t19-/m0/s1. The van der Waals surface area contributed by atoms with E-state index in [1.54, 1.807) is 31.2 Å². The van der Waals surface area contributed by atoms with Crippen LogP contribution in [0.5, 0.6) is 11.5 Å². The second-order valence-electron chi connectivity index (χ2n) is 7.46. The van der Waals surface area contributed by atoms with Crippen molar-refractivity contribution in [1.29, 1.82) is 0 Å². The first-order valence-corrected chi connectivity index (χ1v) is 10.4. The number of Topliss-reactive ketones (excluding diaryl/α,β-unsaturated/α-hetero) is 1. The Morgan fingerprint density at radius 3 is 2.59 bits per heavy atom. The van der Waals surface area contributed by atoms with Gasteiger partial charge in [0.1, 0.15) is 17.3 Å². The molecule has 1 saturated heterocycles. The van der Waals surface area contributed by atoms with Gasteiger partial charge in [-0.1, -0.05) is 11.6 Å². The Balaban J connectivity index is 1.65. The number of nitrogens with zero attached hydrogens (tertiary/aromatic N) is 3. The van der Waals surface area contributed by atoms with E-state index in [9.17, 15) is 14.0 Å². The van der Waals surface area contributed by atoms with E-state index in [0.717, 1.165) is 12.8 Å². The number of ketones is 1. The van der Waals surface area contributed by atoms with Gasteiger partial charge >= 0.3 is 0 Å². The highest BCUT2D eigenvalue weighted by Gasteiger charge is 2.30. The molecular weight excluding hydrogens is 435 g/mol. The van der Waals surface area contributed by atoms with Gasteiger partial charge in [0, 0.05) is 29.3 Å². The predicted molar refractivity (Wildman–Crippen MR) is 119 cm³/mol. The molecule has 0 spiro atoms. The predicted octanol–water partition coefficient (Wildman–Crippen LogP) is 4.39. The van der Waals surface area contributed by atoms with Gasteiger partial charge in [-0.3, -0.25) is 9.59 Å². The van der Waals surface area contributed by atoms with E-state index in [4.69, 9.17) is 22.1 Å². The molecule has 32 heavy (non-hydrogen) atoms. The number of primary amides is 1. The van der Waals surface area contributed by atoms with Crippen LogP contribution in [0.3, 0.4) is 0 Å². The Morgan fingerprint density at radius 1 is 1.16 bits per heavy atom. The Bertz CT molecular complexity index is 1190. The Morgan fingerprint density at radius 2 is 1.91 bits per heavy atom. The fourth-order valence-electron chi connectivity index (χ4n) is 3.65. The van der Waals surface area contributed by atoms with E-state index in [-0.39, 0.29) is 29.1 Å². The summed E-state index contributed by atoms with van der Waals surface area (Å²) in [6.07, 6.45) is 1.58. The van der Waals surface area contributed by atoms with Crippen LogP contribution in [0.1, 0.15) is 30.3 Å². The lowest BCUT2D eigenvalue weighted by Gasteiger charge is -2.24. The minimum atomic E-state index is -0.690. The van der Waals surface area contributed by atoms with E-state index in [2.05, 4.69) is 9.97 Å². The molecule has 2 heterocycles. The highest BCUT2D eigenvalue weighted by atomic mass is 35.5. The summed E-state index contributed by atoms with van der Waals surface area (Å²) in [4.78, 5) is 34.6. The summed E-state index contributed by atoms with van der Waals surface area (Å²) < 4.78 is 19.5. The maximum Gasteiger partial charge on any atom is 0.267 e. The van der Waals surface area contributed by atoms with Crippen molar-refractivity contribution in [2.75, 3.05) is 11.4 Å². The van der Waals surface area contributed by atoms with Crippen molar-refractivity contribution in [2.45, 2.75) is 25.8 Å². The molecular formula is C23H20ClFN4O3. The van der Waals surface area contributed by atoms with Gasteiger partial charge in [-0.25, -0.2) is 14.4 Å². The number of carbonyl (C=O) groups is 2. The molecule has 1 aliphatic heterocycles. The molecule has 1 aromatic heterocycles. The summed E-state index contributed by atoms with van der Waals surface area (Å²) in [7, 11) is 0. The molecule has 3 aromatic rings. The number of benzene rings is 2. The van der Waals surface area contributed by atoms with Gasteiger partial charge < -0.3 is 15.4 Å². The smallest absolute Gasteiger partial charge is 0.267 e. The van der Waals surface area contributed by atoms with Crippen LogP contribution >= 0.6 is 11.6 Å². The quantitative estimate of drug-likeness (QED) is 0.593. The first kappa shape index (κ1) is 21.7. The third kappa shape index (κ3) is 4.55. The topological polar surface area (TPSA) is 98.4 Å². The molecule has 9 heteroatoms. The molecule has 0 saturated carbocycles. The number of aromatic nitrogens is 2. The summed E-state index contributed by atoms with van der Waals surface area (Å²) in [5, 5.41) is 0.355. The van der Waals surface area contributed by atoms with Crippen LogP contribution in [0, 0.1) is 5.82 Å². The van der Waals surface area contributed by atoms with Crippen molar-refractivity contribution in [3.63, 3.8) is 0 Å². The summed E-state index contributed by atoms with van der Waals surface area (Å²) in [6.45, 7) is 2.19. The molecule has 7 nitrogen and oxygen atoms in total. The zero-order valence-corrected chi connectivity index (χ0v) is 18.0. The monoisotopic (exact) mass is 454 g/mol. The summed E-state index contributed by atoms with van der Waals surface area (Å²) in [5.74, 6) is -0.0378. The highest BCUT2D eigenvalue weighted by molar-refractivity contribution is 6.30. The summed E-state index contributed by atoms with van der Waals surface area (Å²) >= 11 is 5.90. The Labute approximate surface area is 189 Å². The van der Waals surface area contributed by atoms with Gasteiger partial charge in [-0.15, -0.1) is 0 Å². The van der Waals surface area contributed by atoms with E-state index >= 15 is 0 Å². The number of ether oxygens (including phenoxy) is 1. The Hall–Kier alpha value is -3.52. The molecule has 1 fully saturated rings. The summed E-state index contributed by atoms with van der Waals surface area (Å²) in [5.41, 5.74) is 6.14. The average molecular weight is 455 g/mol. The zero-order chi connectivity index (χ0) is 22.8. The minimum Gasteiger partial charge on any atom is -0.454 e. The SMILES string of the molecule is CC(=O)[C@@H]1CCCN1c1cc(C(N)=O)nc(-c2ccc(Oc3cc(Cl)ccc3F)cc2)n1. The fourth-order valence-corrected chi connectivity index (χ4v) is 3.82. The van der Waals surface area contributed by atoms with Gasteiger partial charge in [0.25, 0.3) is 5.91 Å². The third-order valence-electron chi connectivity index (χ3n) is 5.21. The number of amides is 1. The normalized spacial score (nSPS) is 15.6. The first-order chi connectivity index (χ1) is 15.3. The molecule has 1 amide bonds. The van der Waals surface area contributed by atoms with Crippen molar-refractivity contribution in [2.24, 2.45) is 5.73 Å². The molecule has 2 N–H and O–H groups in total. The molecule has 164 valence electrons. The molecule has 4 rings (SSSR count). The van der Waals surface area contributed by atoms with Crippen molar-refractivity contribution < 1.29 is 18.7 Å². The van der Waals surface area contributed by atoms with Crippen LogP contribution < -0.4 is 15.4 Å². The second kappa shape index (κ2) is 8.92. The third-order valence-corrected chi connectivity index (χ3v) is 5.45. The van der Waals surface area contributed by atoms with Crippen LogP contribution in [-0.4, -0.2) is 34.2 Å². The fraction of sp³-hybridized carbons (Fsp3) is 0.217. The molecule has 2 aromatic carbocycles. The number of hydrogen-bond acceptors (Lipinski definition) is 6. The number of halogens is 2. The van der Waals surface area contributed by atoms with Crippen LogP contribution in [0.25, 0.3) is 11.4 Å². The molecule has 0 unspecified atom stereocenters. The van der Waals surface area contributed by atoms with Gasteiger partial charge in [0.15, 0.2) is 23.2 Å². The van der Waals surface area contributed by atoms with Crippen LogP contribution in [-0.2, 0) is 4.79 Å². The van der Waals surface area contributed by atoms with Crippen LogP contribution in [0.4, 0.5) is 10.2 Å². The maximum atomic E-state index is 13.9.